The quantitative estimate of drug-likeness (QED) is 0.453. The zero-order valence-corrected chi connectivity index (χ0v) is 12.3. The molecule has 0 bridgehead atoms. The molecule has 0 spiro atoms. The Bertz CT molecular complexity index is 769. The number of nitrogens with one attached hydrogen (secondary N) is 1. The normalized spacial score (nSPS) is 24.9. The zero-order chi connectivity index (χ0) is 15.0. The van der Waals surface area contributed by atoms with Gasteiger partial charge in [-0.3, -0.25) is 14.3 Å². The van der Waals surface area contributed by atoms with Crippen LogP contribution < -0.4 is 16.1 Å². The van der Waals surface area contributed by atoms with E-state index >= 15 is 0 Å². The van der Waals surface area contributed by atoms with Gasteiger partial charge in [0.1, 0.15) is 12.9 Å². The van der Waals surface area contributed by atoms with Crippen LogP contribution in [0.4, 0.5) is 5.95 Å². The van der Waals surface area contributed by atoms with Gasteiger partial charge >= 0.3 is 37.2 Å². The molecule has 2 unspecified atom stereocenters. The molecule has 0 saturated carbocycles. The standard InChI is InChI=1S/C9H12N5O5PS.Na.H/c10-9-12-7-6(8(15)13-9)11-3-14(7)18-1-5-2-19-20(16,17)4-21-5;;/h3,5H,1-2,4H2,(H,16,17)(H3,10,12,13,15);;. The first-order chi connectivity index (χ1) is 9.94. The predicted molar refractivity (Wildman–Crippen MR) is 83.2 cm³/mol. The molecule has 13 heteroatoms. The van der Waals surface area contributed by atoms with Crippen molar-refractivity contribution < 1.29 is 18.8 Å². The molecule has 1 aliphatic rings. The number of aromatic amines is 1. The molecule has 3 heterocycles. The number of nitrogen functional groups attached to an aromatic ring is 1. The number of nitrogens with zero attached hydrogens (tertiary/aromatic N) is 3. The third-order valence-electron chi connectivity index (χ3n) is 2.73. The van der Waals surface area contributed by atoms with Gasteiger partial charge in [-0.2, -0.15) is 9.71 Å². The van der Waals surface area contributed by atoms with Gasteiger partial charge in [0, 0.05) is 0 Å². The van der Waals surface area contributed by atoms with Crippen molar-refractivity contribution in [2.24, 2.45) is 0 Å². The average molecular weight is 357 g/mol. The summed E-state index contributed by atoms with van der Waals surface area (Å²) >= 11 is 1.29. The monoisotopic (exact) mass is 357 g/mol. The average Bonchev–Trinajstić information content (AvgIpc) is 2.81. The molecule has 0 aromatic carbocycles. The maximum atomic E-state index is 11.6. The van der Waals surface area contributed by atoms with Gasteiger partial charge < -0.3 is 20.0 Å². The number of nitrogens with two attached hydrogens (primary N) is 1. The molecule has 116 valence electrons. The Balaban J connectivity index is 0.00000176. The van der Waals surface area contributed by atoms with Crippen LogP contribution in [0.2, 0.25) is 0 Å². The molecular formula is C9H13N5NaO5PS. The summed E-state index contributed by atoms with van der Waals surface area (Å²) in [6.07, 6.45) is 1.32. The summed E-state index contributed by atoms with van der Waals surface area (Å²) in [6, 6.07) is 0. The number of imidazole rings is 1. The summed E-state index contributed by atoms with van der Waals surface area (Å²) in [6.45, 7) is 0.325. The number of thioether (sulfide) groups is 1. The minimum absolute atomic E-state index is 0. The zero-order valence-electron chi connectivity index (χ0n) is 10.6. The summed E-state index contributed by atoms with van der Waals surface area (Å²) in [5.41, 5.74) is 5.39. The van der Waals surface area contributed by atoms with Crippen LogP contribution in [0, 0.1) is 0 Å². The Morgan fingerprint density at radius 2 is 2.45 bits per heavy atom. The van der Waals surface area contributed by atoms with Crippen LogP contribution >= 0.6 is 19.4 Å². The van der Waals surface area contributed by atoms with Crippen LogP contribution in [0.15, 0.2) is 11.1 Å². The molecule has 0 aliphatic carbocycles. The topological polar surface area (TPSA) is 145 Å². The van der Waals surface area contributed by atoms with Gasteiger partial charge in [0.25, 0.3) is 5.56 Å². The van der Waals surface area contributed by atoms with Crippen molar-refractivity contribution in [3.05, 3.63) is 16.7 Å². The maximum absolute atomic E-state index is 11.6. The Labute approximate surface area is 150 Å². The molecule has 10 nitrogen and oxygen atoms in total. The summed E-state index contributed by atoms with van der Waals surface area (Å²) in [7, 11) is -3.45. The molecule has 0 amide bonds. The molecule has 4 N–H and O–H groups in total. The summed E-state index contributed by atoms with van der Waals surface area (Å²) in [5.74, 6) is -0.0329. The number of rotatable bonds is 3. The Morgan fingerprint density at radius 1 is 1.68 bits per heavy atom. The van der Waals surface area contributed by atoms with E-state index in [4.69, 9.17) is 15.1 Å². The number of hydrogen-bond donors (Lipinski definition) is 3. The van der Waals surface area contributed by atoms with Gasteiger partial charge in [-0.05, 0) is 0 Å². The molecule has 3 rings (SSSR count). The molecule has 22 heavy (non-hydrogen) atoms. The number of hydrogen-bond acceptors (Lipinski definition) is 8. The van der Waals surface area contributed by atoms with Crippen molar-refractivity contribution in [3.8, 4) is 0 Å². The van der Waals surface area contributed by atoms with E-state index < -0.39 is 13.2 Å². The number of anilines is 1. The van der Waals surface area contributed by atoms with Gasteiger partial charge in [0.2, 0.25) is 11.6 Å². The number of fused-ring (bicyclic) bond motifs is 1. The van der Waals surface area contributed by atoms with Crippen molar-refractivity contribution in [1.82, 2.24) is 19.7 Å². The molecule has 2 aromatic rings. The predicted octanol–water partition coefficient (Wildman–Crippen LogP) is -1.24. The van der Waals surface area contributed by atoms with E-state index in [1.54, 1.807) is 0 Å². The van der Waals surface area contributed by atoms with Crippen LogP contribution in [0.1, 0.15) is 0 Å². The van der Waals surface area contributed by atoms with Crippen LogP contribution in [-0.2, 0) is 9.09 Å². The fourth-order valence-electron chi connectivity index (χ4n) is 1.75. The van der Waals surface area contributed by atoms with Gasteiger partial charge in [0.05, 0.1) is 17.4 Å². The Morgan fingerprint density at radius 3 is 3.14 bits per heavy atom. The van der Waals surface area contributed by atoms with Gasteiger partial charge in [-0.1, -0.05) is 0 Å². The first-order valence-electron chi connectivity index (χ1n) is 5.89. The third kappa shape index (κ3) is 3.85. The summed E-state index contributed by atoms with van der Waals surface area (Å²) in [4.78, 5) is 36.5. The SMILES string of the molecule is Nc1nc2c(ncn2OCC2COP(=O)(O)CS2)c(=O)[nH]1.[NaH]. The Hall–Kier alpha value is -0.550. The summed E-state index contributed by atoms with van der Waals surface area (Å²) in [5, 5.41) is -0.101. The third-order valence-corrected chi connectivity index (χ3v) is 5.93. The molecule has 2 aromatic heterocycles. The van der Waals surface area contributed by atoms with Gasteiger partial charge in [0.15, 0.2) is 5.52 Å². The fraction of sp³-hybridized carbons (Fsp3) is 0.444. The summed E-state index contributed by atoms with van der Waals surface area (Å²) < 4.78 is 17.4. The van der Waals surface area contributed by atoms with Gasteiger partial charge in [-0.15, -0.1) is 11.8 Å². The fourth-order valence-corrected chi connectivity index (χ4v) is 4.48. The van der Waals surface area contributed by atoms with Crippen molar-refractivity contribution in [1.29, 1.82) is 0 Å². The van der Waals surface area contributed by atoms with Crippen molar-refractivity contribution in [2.45, 2.75) is 5.25 Å². The van der Waals surface area contributed by atoms with Gasteiger partial charge in [-0.25, -0.2) is 4.98 Å². The molecule has 2 atom stereocenters. The molecule has 1 aliphatic heterocycles. The van der Waals surface area contributed by atoms with E-state index in [9.17, 15) is 14.3 Å². The van der Waals surface area contributed by atoms with Crippen LogP contribution in [0.5, 0.6) is 0 Å². The first kappa shape index (κ1) is 17.8. The molecule has 0 radical (unpaired) electrons. The van der Waals surface area contributed by atoms with Crippen molar-refractivity contribution in [3.63, 3.8) is 0 Å². The second kappa shape index (κ2) is 6.91. The number of aromatic nitrogens is 4. The van der Waals surface area contributed by atoms with E-state index in [1.807, 2.05) is 0 Å². The van der Waals surface area contributed by atoms with E-state index in [1.165, 1.54) is 22.8 Å². The van der Waals surface area contributed by atoms with Crippen LogP contribution in [0.25, 0.3) is 11.2 Å². The minimum atomic E-state index is -3.45. The van der Waals surface area contributed by atoms with Crippen LogP contribution in [-0.4, -0.2) is 78.1 Å². The molecule has 1 saturated heterocycles. The second-order valence-corrected chi connectivity index (χ2v) is 7.91. The first-order valence-corrected chi connectivity index (χ1v) is 8.70. The Kier molecular flexibility index (Phi) is 5.59. The second-order valence-electron chi connectivity index (χ2n) is 4.34. The van der Waals surface area contributed by atoms with E-state index in [0.29, 0.717) is 0 Å². The molecular weight excluding hydrogens is 344 g/mol. The number of H-pyrrole nitrogens is 1. The van der Waals surface area contributed by atoms with E-state index in [-0.39, 0.29) is 70.6 Å². The van der Waals surface area contributed by atoms with Crippen molar-refractivity contribution >= 4 is 66.0 Å². The van der Waals surface area contributed by atoms with E-state index in [0.717, 1.165) is 0 Å². The van der Waals surface area contributed by atoms with Crippen LogP contribution in [0.3, 0.4) is 0 Å². The molecule has 1 fully saturated rings. The van der Waals surface area contributed by atoms with E-state index in [2.05, 4.69) is 15.0 Å². The van der Waals surface area contributed by atoms with Crippen molar-refractivity contribution in [2.75, 3.05) is 24.4 Å².